The topological polar surface area (TPSA) is 60.7 Å². The zero-order valence-electron chi connectivity index (χ0n) is 66.0. The molecule has 0 bridgehead atoms. The molecule has 0 aromatic heterocycles. The summed E-state index contributed by atoms with van der Waals surface area (Å²) in [6.45, 7) is 53.3. The Balaban J connectivity index is 1.97. The molecule has 3 aromatic carbocycles. The molecule has 0 amide bonds. The van der Waals surface area contributed by atoms with Gasteiger partial charge in [-0.25, -0.2) is 0 Å². The minimum atomic E-state index is -0.267. The van der Waals surface area contributed by atoms with Gasteiger partial charge in [-0.05, 0) is 145 Å². The number of phenols is 3. The van der Waals surface area contributed by atoms with Crippen molar-refractivity contribution in [1.29, 1.82) is 0 Å². The van der Waals surface area contributed by atoms with E-state index in [4.69, 9.17) is 0 Å². The molecule has 0 radical (unpaired) electrons. The largest absolute Gasteiger partial charge is 0.507 e. The molecule has 4 rings (SSSR count). The van der Waals surface area contributed by atoms with Gasteiger partial charge in [-0.3, -0.25) is 0 Å². The highest BCUT2D eigenvalue weighted by Gasteiger charge is 2.54. The number of phenolic OH excluding ortho intramolecular Hbond substituents is 3. The normalized spacial score (nSPS) is 17.2. The minimum Gasteiger partial charge on any atom is -0.507 e. The molecule has 2 atom stereocenters. The van der Waals surface area contributed by atoms with Crippen molar-refractivity contribution in [2.45, 2.75) is 429 Å². The molecule has 3 heteroatoms. The number of rotatable bonds is 40. The van der Waals surface area contributed by atoms with Gasteiger partial charge in [0.05, 0.1) is 0 Å². The first-order valence-corrected chi connectivity index (χ1v) is 39.4. The molecule has 0 spiro atoms. The highest BCUT2D eigenvalue weighted by Crippen LogP contribution is 2.64. The number of allylic oxidation sites excluding steroid dienone is 4. The van der Waals surface area contributed by atoms with Crippen LogP contribution in [0.3, 0.4) is 0 Å². The smallest absolute Gasteiger partial charge is 0.123 e. The molecule has 3 nitrogen and oxygen atoms in total. The van der Waals surface area contributed by atoms with Crippen molar-refractivity contribution < 1.29 is 15.3 Å². The fourth-order valence-corrected chi connectivity index (χ4v) is 16.3. The predicted molar refractivity (Wildman–Crippen MR) is 412 cm³/mol. The summed E-state index contributed by atoms with van der Waals surface area (Å²) in [5.41, 5.74) is 14.1. The summed E-state index contributed by atoms with van der Waals surface area (Å²) in [5.74, 6) is 1.35. The molecule has 0 aliphatic heterocycles. The van der Waals surface area contributed by atoms with Gasteiger partial charge in [-0.2, -0.15) is 0 Å². The van der Waals surface area contributed by atoms with Crippen molar-refractivity contribution in [2.75, 3.05) is 0 Å². The second-order valence-corrected chi connectivity index (χ2v) is 36.9. The molecule has 0 saturated heterocycles. The fourth-order valence-electron chi connectivity index (χ4n) is 16.3. The molecule has 530 valence electrons. The van der Waals surface area contributed by atoms with Gasteiger partial charge < -0.3 is 15.3 Å². The van der Waals surface area contributed by atoms with Crippen LogP contribution in [0, 0.1) is 10.8 Å². The lowest BCUT2D eigenvalue weighted by atomic mass is 9.47. The van der Waals surface area contributed by atoms with Crippen LogP contribution in [0.25, 0.3) is 0 Å². The predicted octanol–water partition coefficient (Wildman–Crippen LogP) is 28.6. The molecule has 0 saturated carbocycles. The van der Waals surface area contributed by atoms with Crippen LogP contribution in [0.5, 0.6) is 17.2 Å². The second kappa shape index (κ2) is 36.9. The standard InChI is InChI=1S/C90H152O3/c1-24-26-28-30-32-34-36-38-40-42-44-46-48-50-52-54-56-89(23)73(59-70-62-76(85(11,12)13)81(92)77(63-70)86(14,15)16)67(3)72(58-69-60-74(83(5,6)7)80(91)75(61-69)84(8,9)10)68(4)90(89,66-71-64-78(87(17,18)19)82(93)79(65-71)88(20,21)22)57-55-53-51-49-47-45-43-41-39-37-35-33-31-29-27-25-2/h60-65,91-93H,24-59,66H2,1-23H3. The Morgan fingerprint density at radius 2 is 0.527 bits per heavy atom. The summed E-state index contributed by atoms with van der Waals surface area (Å²) >= 11 is 0. The molecular formula is C90H152O3. The van der Waals surface area contributed by atoms with Crippen molar-refractivity contribution in [1.82, 2.24) is 0 Å². The summed E-state index contributed by atoms with van der Waals surface area (Å²) in [7, 11) is 0. The minimum absolute atomic E-state index is 0.234. The lowest BCUT2D eigenvalue weighted by molar-refractivity contribution is 0.0878. The molecule has 0 heterocycles. The Hall–Kier alpha value is -3.46. The van der Waals surface area contributed by atoms with Crippen molar-refractivity contribution in [2.24, 2.45) is 10.8 Å². The maximum atomic E-state index is 12.4. The molecule has 3 N–H and O–H groups in total. The molecular weight excluding hydrogens is 1130 g/mol. The summed E-state index contributed by atoms with van der Waals surface area (Å²) in [4.78, 5) is 0. The summed E-state index contributed by atoms with van der Waals surface area (Å²) in [6.07, 6.45) is 48.1. The van der Waals surface area contributed by atoms with Crippen LogP contribution in [-0.2, 0) is 51.8 Å². The third-order valence-electron chi connectivity index (χ3n) is 22.4. The van der Waals surface area contributed by atoms with Gasteiger partial charge in [-0.15, -0.1) is 0 Å². The van der Waals surface area contributed by atoms with E-state index in [1.807, 2.05) is 0 Å². The molecule has 93 heavy (non-hydrogen) atoms. The van der Waals surface area contributed by atoms with E-state index in [-0.39, 0.29) is 43.3 Å². The van der Waals surface area contributed by atoms with E-state index >= 15 is 0 Å². The lowest BCUT2D eigenvalue weighted by Crippen LogP contribution is -2.48. The van der Waals surface area contributed by atoms with Crippen molar-refractivity contribution in [3.8, 4) is 17.2 Å². The number of benzene rings is 3. The van der Waals surface area contributed by atoms with Crippen LogP contribution in [0.15, 0.2) is 58.7 Å². The van der Waals surface area contributed by atoms with E-state index in [1.165, 1.54) is 233 Å². The zero-order valence-corrected chi connectivity index (χ0v) is 66.0. The van der Waals surface area contributed by atoms with Gasteiger partial charge in [-0.1, -0.05) is 398 Å². The maximum absolute atomic E-state index is 12.4. The van der Waals surface area contributed by atoms with Gasteiger partial charge in [0, 0.05) is 5.41 Å². The van der Waals surface area contributed by atoms with Crippen LogP contribution in [0.2, 0.25) is 0 Å². The average Bonchev–Trinajstić information content (AvgIpc) is 0.707. The van der Waals surface area contributed by atoms with Crippen LogP contribution >= 0.6 is 0 Å². The Morgan fingerprint density at radius 1 is 0.301 bits per heavy atom. The van der Waals surface area contributed by atoms with Crippen LogP contribution in [0.4, 0.5) is 0 Å². The third kappa shape index (κ3) is 24.5. The SMILES string of the molecule is CCCCCCCCCCCCCCCCCCC1(C)C(Cc2cc(C(C)(C)C)c(O)c(C(C)(C)C)c2)=C(C)C(Cc2cc(C(C)(C)C)c(O)c(C(C)(C)C)c2)=C(C)C1(CCCCCCCCCCCCCCCCCC)Cc1cc(C(C)(C)C)c(O)c(C(C)(C)C)c1. The second-order valence-electron chi connectivity index (χ2n) is 36.9. The van der Waals surface area contributed by atoms with E-state index in [9.17, 15) is 15.3 Å². The van der Waals surface area contributed by atoms with Crippen molar-refractivity contribution in [3.63, 3.8) is 0 Å². The monoisotopic (exact) mass is 1280 g/mol. The zero-order chi connectivity index (χ0) is 69.6. The number of hydrogen-bond acceptors (Lipinski definition) is 3. The van der Waals surface area contributed by atoms with Gasteiger partial charge >= 0.3 is 0 Å². The van der Waals surface area contributed by atoms with Gasteiger partial charge in [0.1, 0.15) is 17.2 Å². The summed E-state index contributed by atoms with van der Waals surface area (Å²) < 4.78 is 0. The molecule has 0 fully saturated rings. The summed E-state index contributed by atoms with van der Waals surface area (Å²) in [6, 6.07) is 14.4. The van der Waals surface area contributed by atoms with E-state index in [0.29, 0.717) is 17.2 Å². The van der Waals surface area contributed by atoms with E-state index in [1.54, 1.807) is 11.1 Å². The van der Waals surface area contributed by atoms with E-state index in [0.717, 1.165) is 65.5 Å². The van der Waals surface area contributed by atoms with Crippen molar-refractivity contribution >= 4 is 0 Å². The first kappa shape index (κ1) is 82.0. The number of aromatic hydroxyl groups is 3. The van der Waals surface area contributed by atoms with E-state index in [2.05, 4.69) is 196 Å². The van der Waals surface area contributed by atoms with Gasteiger partial charge in [0.25, 0.3) is 0 Å². The fraction of sp³-hybridized carbons (Fsp3) is 0.756. The van der Waals surface area contributed by atoms with E-state index < -0.39 is 0 Å². The van der Waals surface area contributed by atoms with Gasteiger partial charge in [0.2, 0.25) is 0 Å². The Bertz CT molecular complexity index is 2660. The highest BCUT2D eigenvalue weighted by atomic mass is 16.3. The van der Waals surface area contributed by atoms with Crippen molar-refractivity contribution in [3.05, 3.63) is 109 Å². The third-order valence-corrected chi connectivity index (χ3v) is 22.4. The number of unbranched alkanes of at least 4 members (excludes halogenated alkanes) is 30. The van der Waals surface area contributed by atoms with Crippen LogP contribution < -0.4 is 0 Å². The quantitative estimate of drug-likeness (QED) is 0.0497. The van der Waals surface area contributed by atoms with Crippen LogP contribution in [0.1, 0.15) is 428 Å². The molecule has 2 unspecified atom stereocenters. The molecule has 1 aliphatic rings. The first-order valence-electron chi connectivity index (χ1n) is 39.4. The Kier molecular flexibility index (Phi) is 32.6. The number of hydrogen-bond donors (Lipinski definition) is 3. The summed E-state index contributed by atoms with van der Waals surface area (Å²) in [5, 5.41) is 37.0. The molecule has 1 aliphatic carbocycles. The Labute approximate surface area is 578 Å². The van der Waals surface area contributed by atoms with Crippen LogP contribution in [-0.4, -0.2) is 15.3 Å². The maximum Gasteiger partial charge on any atom is 0.123 e. The average molecular weight is 1280 g/mol. The highest BCUT2D eigenvalue weighted by molar-refractivity contribution is 5.58. The molecule has 3 aromatic rings. The lowest BCUT2D eigenvalue weighted by Gasteiger charge is -2.56. The first-order chi connectivity index (χ1) is 43.4. The Morgan fingerprint density at radius 3 is 0.785 bits per heavy atom. The van der Waals surface area contributed by atoms with Gasteiger partial charge in [0.15, 0.2) is 0 Å².